The highest BCUT2D eigenvalue weighted by Crippen LogP contribution is 2.66. The lowest BCUT2D eigenvalue weighted by Gasteiger charge is -2.57. The molecule has 0 aliphatic heterocycles. The maximum absolute atomic E-state index is 11.9. The quantitative estimate of drug-likeness (QED) is 0.790. The monoisotopic (exact) mass is 336 g/mol. The van der Waals surface area contributed by atoms with E-state index < -0.39 is 0 Å². The van der Waals surface area contributed by atoms with Gasteiger partial charge in [-0.15, -0.1) is 0 Å². The van der Waals surface area contributed by atoms with Crippen LogP contribution >= 0.6 is 0 Å². The van der Waals surface area contributed by atoms with Crippen LogP contribution in [-0.2, 0) is 4.79 Å². The maximum Gasteiger partial charge on any atom is 0.155 e. The third kappa shape index (κ3) is 2.04. The van der Waals surface area contributed by atoms with Gasteiger partial charge in [0.05, 0.1) is 18.2 Å². The first-order chi connectivity index (χ1) is 12.0. The van der Waals surface area contributed by atoms with Crippen LogP contribution in [0.2, 0.25) is 0 Å². The third-order valence-electron chi connectivity index (χ3n) is 8.33. The van der Waals surface area contributed by atoms with Crippen molar-refractivity contribution in [3.05, 3.63) is 35.9 Å². The number of nitrogens with one attached hydrogen (secondary N) is 1. The van der Waals surface area contributed by atoms with Crippen molar-refractivity contribution in [2.24, 2.45) is 28.6 Å². The van der Waals surface area contributed by atoms with Crippen LogP contribution in [0.3, 0.4) is 0 Å². The molecule has 3 nitrogen and oxygen atoms in total. The molecule has 132 valence electrons. The molecule has 1 aromatic heterocycles. The molecule has 2 fully saturated rings. The van der Waals surface area contributed by atoms with E-state index in [2.05, 4.69) is 29.9 Å². The van der Waals surface area contributed by atoms with Crippen LogP contribution in [0.1, 0.15) is 64.5 Å². The van der Waals surface area contributed by atoms with Gasteiger partial charge in [0.1, 0.15) is 0 Å². The van der Waals surface area contributed by atoms with Crippen LogP contribution in [0, 0.1) is 28.6 Å². The summed E-state index contributed by atoms with van der Waals surface area (Å²) in [7, 11) is 0. The Balaban J connectivity index is 1.49. The van der Waals surface area contributed by atoms with Crippen molar-refractivity contribution in [2.75, 3.05) is 0 Å². The normalized spacial score (nSPS) is 43.0. The predicted molar refractivity (Wildman–Crippen MR) is 98.7 cm³/mol. The molecule has 3 heteroatoms. The molecule has 1 heterocycles. The molecule has 5 rings (SSSR count). The zero-order valence-electron chi connectivity index (χ0n) is 15.3. The number of H-pyrrole nitrogens is 1. The van der Waals surface area contributed by atoms with Crippen LogP contribution in [0.25, 0.3) is 5.57 Å². The molecule has 4 aliphatic rings. The van der Waals surface area contributed by atoms with Gasteiger partial charge >= 0.3 is 0 Å². The zero-order chi connectivity index (χ0) is 17.2. The highest BCUT2D eigenvalue weighted by Gasteiger charge is 2.57. The van der Waals surface area contributed by atoms with Gasteiger partial charge in [-0.3, -0.25) is 4.79 Å². The van der Waals surface area contributed by atoms with E-state index in [-0.39, 0.29) is 10.8 Å². The average Bonchev–Trinajstić information content (AvgIpc) is 3.22. The molecule has 2 saturated carbocycles. The number of aromatic amines is 1. The smallest absolute Gasteiger partial charge is 0.155 e. The number of rotatable bonds is 1. The van der Waals surface area contributed by atoms with E-state index in [1.165, 1.54) is 42.5 Å². The molecule has 4 aliphatic carbocycles. The van der Waals surface area contributed by atoms with E-state index in [0.717, 1.165) is 37.0 Å². The fourth-order valence-electron chi connectivity index (χ4n) is 6.95. The molecule has 25 heavy (non-hydrogen) atoms. The second-order valence-electron chi connectivity index (χ2n) is 9.24. The Morgan fingerprint density at radius 3 is 2.80 bits per heavy atom. The lowest BCUT2D eigenvalue weighted by atomic mass is 9.47. The number of ketones is 1. The first-order valence-corrected chi connectivity index (χ1v) is 9.96. The number of nitrogens with zero attached hydrogens (tertiary/aromatic N) is 1. The highest BCUT2D eigenvalue weighted by atomic mass is 16.1. The number of allylic oxidation sites excluding steroid dienone is 4. The van der Waals surface area contributed by atoms with Crippen LogP contribution in [0.15, 0.2) is 30.2 Å². The number of hydrogen-bond acceptors (Lipinski definition) is 2. The maximum atomic E-state index is 11.9. The van der Waals surface area contributed by atoms with Crippen molar-refractivity contribution in [1.29, 1.82) is 0 Å². The molecule has 5 atom stereocenters. The molecule has 0 bridgehead atoms. The van der Waals surface area contributed by atoms with Gasteiger partial charge in [-0.25, -0.2) is 4.98 Å². The Bertz CT molecular complexity index is 774. The number of aromatic nitrogens is 2. The molecule has 1 aromatic rings. The minimum atomic E-state index is 0.273. The first-order valence-electron chi connectivity index (χ1n) is 9.96. The fraction of sp³-hybridized carbons (Fsp3) is 0.636. The van der Waals surface area contributed by atoms with Crippen molar-refractivity contribution in [1.82, 2.24) is 9.97 Å². The molecule has 0 spiro atoms. The Morgan fingerprint density at radius 1 is 1.12 bits per heavy atom. The second-order valence-corrected chi connectivity index (χ2v) is 9.24. The van der Waals surface area contributed by atoms with E-state index in [9.17, 15) is 4.79 Å². The van der Waals surface area contributed by atoms with Gasteiger partial charge in [-0.05, 0) is 78.8 Å². The van der Waals surface area contributed by atoms with Gasteiger partial charge in [0.2, 0.25) is 0 Å². The summed E-state index contributed by atoms with van der Waals surface area (Å²) < 4.78 is 0. The summed E-state index contributed by atoms with van der Waals surface area (Å²) in [4.78, 5) is 19.5. The van der Waals surface area contributed by atoms with Crippen molar-refractivity contribution in [2.45, 2.75) is 58.8 Å². The van der Waals surface area contributed by atoms with Gasteiger partial charge < -0.3 is 4.98 Å². The van der Waals surface area contributed by atoms with E-state index in [1.807, 2.05) is 12.3 Å². The standard InChI is InChI=1S/C22H28N2O/c1-21-9-7-15(25)11-14(21)3-4-16-17-5-6-19(20-12-23-13-24-20)22(17,2)10-8-18(16)21/h6,11-13,16-18H,3-5,7-10H2,1-2H3,(H,23,24)/t16?,17?,18?,21-,22-/m0/s1. The fourth-order valence-corrected chi connectivity index (χ4v) is 6.95. The molecule has 1 N–H and O–H groups in total. The molecule has 0 amide bonds. The Labute approximate surface area is 150 Å². The zero-order valence-corrected chi connectivity index (χ0v) is 15.3. The number of carbonyl (C=O) groups is 1. The Morgan fingerprint density at radius 2 is 2.00 bits per heavy atom. The summed E-state index contributed by atoms with van der Waals surface area (Å²) in [5.74, 6) is 2.66. The SMILES string of the molecule is C[C@]12CCC(=O)C=C1CCC1C2CC[C@]2(C)C(c3cnc[nH]3)=CCC12. The minimum absolute atomic E-state index is 0.273. The minimum Gasteiger partial charge on any atom is -0.345 e. The topological polar surface area (TPSA) is 45.8 Å². The molecular weight excluding hydrogens is 308 g/mol. The number of carbonyl (C=O) groups excluding carboxylic acids is 1. The van der Waals surface area contributed by atoms with Crippen LogP contribution in [-0.4, -0.2) is 15.8 Å². The lowest BCUT2D eigenvalue weighted by Crippen LogP contribution is -2.49. The van der Waals surface area contributed by atoms with Gasteiger partial charge in [-0.2, -0.15) is 0 Å². The number of imidazole rings is 1. The summed E-state index contributed by atoms with van der Waals surface area (Å²) in [6.45, 7) is 4.95. The van der Waals surface area contributed by atoms with Gasteiger partial charge in [0.25, 0.3) is 0 Å². The molecule has 0 aromatic carbocycles. The first kappa shape index (κ1) is 15.6. The van der Waals surface area contributed by atoms with Gasteiger partial charge in [-0.1, -0.05) is 25.5 Å². The molecule has 0 radical (unpaired) electrons. The van der Waals surface area contributed by atoms with Crippen LogP contribution < -0.4 is 0 Å². The molecule has 0 saturated heterocycles. The van der Waals surface area contributed by atoms with Crippen molar-refractivity contribution in [3.8, 4) is 0 Å². The van der Waals surface area contributed by atoms with Crippen molar-refractivity contribution < 1.29 is 4.79 Å². The van der Waals surface area contributed by atoms with Crippen LogP contribution in [0.5, 0.6) is 0 Å². The second kappa shape index (κ2) is 5.18. The summed E-state index contributed by atoms with van der Waals surface area (Å²) in [6.07, 6.45) is 16.3. The van der Waals surface area contributed by atoms with Crippen molar-refractivity contribution >= 4 is 11.4 Å². The van der Waals surface area contributed by atoms with E-state index >= 15 is 0 Å². The Kier molecular flexibility index (Phi) is 3.24. The van der Waals surface area contributed by atoms with Crippen LogP contribution in [0.4, 0.5) is 0 Å². The summed E-state index contributed by atoms with van der Waals surface area (Å²) in [5.41, 5.74) is 4.74. The van der Waals surface area contributed by atoms with E-state index in [0.29, 0.717) is 5.78 Å². The molecule has 3 unspecified atom stereocenters. The predicted octanol–water partition coefficient (Wildman–Crippen LogP) is 4.93. The average molecular weight is 336 g/mol. The number of fused-ring (bicyclic) bond motifs is 5. The van der Waals surface area contributed by atoms with E-state index in [1.54, 1.807) is 6.33 Å². The summed E-state index contributed by atoms with van der Waals surface area (Å²) in [6, 6.07) is 0. The van der Waals surface area contributed by atoms with Gasteiger partial charge in [0.15, 0.2) is 5.78 Å². The van der Waals surface area contributed by atoms with E-state index in [4.69, 9.17) is 0 Å². The Hall–Kier alpha value is -1.64. The highest BCUT2D eigenvalue weighted by molar-refractivity contribution is 5.91. The summed E-state index contributed by atoms with van der Waals surface area (Å²) >= 11 is 0. The largest absolute Gasteiger partial charge is 0.345 e. The van der Waals surface area contributed by atoms with Gasteiger partial charge in [0, 0.05) is 6.42 Å². The molecular formula is C22H28N2O. The van der Waals surface area contributed by atoms with Crippen molar-refractivity contribution in [3.63, 3.8) is 0 Å². The third-order valence-corrected chi connectivity index (χ3v) is 8.33. The lowest BCUT2D eigenvalue weighted by molar-refractivity contribution is -0.117. The number of hydrogen-bond donors (Lipinski definition) is 1. The summed E-state index contributed by atoms with van der Waals surface area (Å²) in [5, 5.41) is 0.